The average molecular weight is 221 g/mol. The molecule has 6 heteroatoms. The predicted molar refractivity (Wildman–Crippen MR) is 59.6 cm³/mol. The van der Waals surface area contributed by atoms with Gasteiger partial charge in [0.1, 0.15) is 5.69 Å². The molecule has 16 heavy (non-hydrogen) atoms. The fourth-order valence-corrected chi connectivity index (χ4v) is 1.59. The van der Waals surface area contributed by atoms with Crippen molar-refractivity contribution < 1.29 is 4.42 Å². The second kappa shape index (κ2) is 3.96. The summed E-state index contributed by atoms with van der Waals surface area (Å²) in [6, 6.07) is 0. The van der Waals surface area contributed by atoms with Crippen molar-refractivity contribution in [1.82, 2.24) is 20.0 Å². The first-order chi connectivity index (χ1) is 7.63. The Balaban J connectivity index is 2.42. The third kappa shape index (κ3) is 1.66. The summed E-state index contributed by atoms with van der Waals surface area (Å²) in [5.74, 6) is 1.07. The monoisotopic (exact) mass is 221 g/mol. The first-order valence-corrected chi connectivity index (χ1v) is 5.25. The molecule has 0 unspecified atom stereocenters. The number of rotatable bonds is 3. The summed E-state index contributed by atoms with van der Waals surface area (Å²) in [6.07, 6.45) is 1.76. The minimum absolute atomic E-state index is 0.434. The molecule has 86 valence electrons. The topological polar surface area (TPSA) is 82.8 Å². The highest BCUT2D eigenvalue weighted by Gasteiger charge is 2.17. The summed E-state index contributed by atoms with van der Waals surface area (Å²) in [5.41, 5.74) is 7.96. The van der Waals surface area contributed by atoms with Gasteiger partial charge in [-0.2, -0.15) is 5.10 Å². The highest BCUT2D eigenvalue weighted by molar-refractivity contribution is 5.68. The number of nitrogens with zero attached hydrogens (tertiary/aromatic N) is 4. The number of hydrogen-bond acceptors (Lipinski definition) is 5. The molecule has 0 spiro atoms. The van der Waals surface area contributed by atoms with Crippen LogP contribution in [0.3, 0.4) is 0 Å². The molecule has 0 fully saturated rings. The van der Waals surface area contributed by atoms with Crippen molar-refractivity contribution in [3.8, 4) is 11.6 Å². The second-order valence-corrected chi connectivity index (χ2v) is 3.72. The molecular weight excluding hydrogens is 206 g/mol. The average Bonchev–Trinajstić information content (AvgIpc) is 2.75. The van der Waals surface area contributed by atoms with Crippen molar-refractivity contribution in [3.63, 3.8) is 0 Å². The van der Waals surface area contributed by atoms with E-state index in [2.05, 4.69) is 22.2 Å². The Morgan fingerprint density at radius 3 is 2.69 bits per heavy atom. The molecule has 0 aliphatic carbocycles. The number of anilines is 1. The van der Waals surface area contributed by atoms with Crippen LogP contribution in [-0.2, 0) is 13.5 Å². The lowest BCUT2D eigenvalue weighted by molar-refractivity contribution is 0.498. The molecule has 0 saturated carbocycles. The molecule has 0 radical (unpaired) electrons. The van der Waals surface area contributed by atoms with Gasteiger partial charge < -0.3 is 10.2 Å². The summed E-state index contributed by atoms with van der Waals surface area (Å²) < 4.78 is 7.18. The number of aryl methyl sites for hydroxylation is 3. The number of aromatic nitrogens is 4. The van der Waals surface area contributed by atoms with Gasteiger partial charge >= 0.3 is 0 Å². The fraction of sp³-hybridized carbons (Fsp3) is 0.500. The lowest BCUT2D eigenvalue weighted by Crippen LogP contribution is -1.95. The van der Waals surface area contributed by atoms with Crippen LogP contribution in [0.4, 0.5) is 5.69 Å². The van der Waals surface area contributed by atoms with E-state index < -0.39 is 0 Å². The van der Waals surface area contributed by atoms with Gasteiger partial charge in [-0.1, -0.05) is 6.92 Å². The maximum Gasteiger partial charge on any atom is 0.268 e. The smallest absolute Gasteiger partial charge is 0.268 e. The minimum atomic E-state index is 0.434. The molecule has 0 atom stereocenters. The van der Waals surface area contributed by atoms with Gasteiger partial charge in [0, 0.05) is 13.5 Å². The summed E-state index contributed by atoms with van der Waals surface area (Å²) in [6.45, 7) is 3.91. The van der Waals surface area contributed by atoms with Gasteiger partial charge in [-0.25, -0.2) is 0 Å². The maximum absolute atomic E-state index is 5.91. The van der Waals surface area contributed by atoms with Crippen molar-refractivity contribution >= 4 is 5.69 Å². The van der Waals surface area contributed by atoms with Crippen LogP contribution < -0.4 is 5.73 Å². The van der Waals surface area contributed by atoms with Crippen LogP contribution in [0.25, 0.3) is 11.6 Å². The lowest BCUT2D eigenvalue weighted by Gasteiger charge is -1.96. The summed E-state index contributed by atoms with van der Waals surface area (Å²) >= 11 is 0. The van der Waals surface area contributed by atoms with E-state index in [-0.39, 0.29) is 0 Å². The van der Waals surface area contributed by atoms with E-state index in [4.69, 9.17) is 10.2 Å². The SMILES string of the molecule is CCCc1nnc(-c2c(N)c(C)nn2C)o1. The Kier molecular flexibility index (Phi) is 2.64. The molecule has 0 aliphatic heterocycles. The molecule has 2 heterocycles. The van der Waals surface area contributed by atoms with Crippen molar-refractivity contribution in [3.05, 3.63) is 11.6 Å². The van der Waals surface area contributed by atoms with Crippen LogP contribution in [0.1, 0.15) is 24.9 Å². The Morgan fingerprint density at radius 1 is 1.38 bits per heavy atom. The Bertz CT molecular complexity index is 499. The Hall–Kier alpha value is -1.85. The first kappa shape index (κ1) is 10.7. The zero-order valence-corrected chi connectivity index (χ0v) is 9.69. The number of nitrogens with two attached hydrogens (primary N) is 1. The van der Waals surface area contributed by atoms with Gasteiger partial charge in [-0.3, -0.25) is 4.68 Å². The van der Waals surface area contributed by atoms with E-state index >= 15 is 0 Å². The van der Waals surface area contributed by atoms with E-state index in [1.807, 2.05) is 14.0 Å². The molecule has 2 aromatic rings. The van der Waals surface area contributed by atoms with Crippen molar-refractivity contribution in [2.24, 2.45) is 7.05 Å². The predicted octanol–water partition coefficient (Wildman–Crippen LogP) is 1.31. The van der Waals surface area contributed by atoms with Crippen molar-refractivity contribution in [1.29, 1.82) is 0 Å². The van der Waals surface area contributed by atoms with Gasteiger partial charge in [0.15, 0.2) is 0 Å². The van der Waals surface area contributed by atoms with E-state index in [1.165, 1.54) is 0 Å². The first-order valence-electron chi connectivity index (χ1n) is 5.25. The summed E-state index contributed by atoms with van der Waals surface area (Å²) in [4.78, 5) is 0. The van der Waals surface area contributed by atoms with Crippen LogP contribution >= 0.6 is 0 Å². The largest absolute Gasteiger partial charge is 0.419 e. The molecule has 6 nitrogen and oxygen atoms in total. The van der Waals surface area contributed by atoms with Crippen LogP contribution in [0.5, 0.6) is 0 Å². The van der Waals surface area contributed by atoms with Crippen LogP contribution in [0.2, 0.25) is 0 Å². The Labute approximate surface area is 93.5 Å². The van der Waals surface area contributed by atoms with Gasteiger partial charge in [0.2, 0.25) is 5.89 Å². The van der Waals surface area contributed by atoms with Crippen LogP contribution in [0.15, 0.2) is 4.42 Å². The third-order valence-corrected chi connectivity index (χ3v) is 2.40. The van der Waals surface area contributed by atoms with E-state index in [0.29, 0.717) is 23.2 Å². The maximum atomic E-state index is 5.91. The quantitative estimate of drug-likeness (QED) is 0.845. The minimum Gasteiger partial charge on any atom is -0.419 e. The highest BCUT2D eigenvalue weighted by atomic mass is 16.4. The van der Waals surface area contributed by atoms with Gasteiger partial charge in [-0.15, -0.1) is 10.2 Å². The molecule has 0 bridgehead atoms. The second-order valence-electron chi connectivity index (χ2n) is 3.72. The zero-order valence-electron chi connectivity index (χ0n) is 9.69. The van der Waals surface area contributed by atoms with Gasteiger partial charge in [-0.05, 0) is 13.3 Å². The highest BCUT2D eigenvalue weighted by Crippen LogP contribution is 2.26. The number of nitrogen functional groups attached to an aromatic ring is 1. The van der Waals surface area contributed by atoms with E-state index in [1.54, 1.807) is 4.68 Å². The summed E-state index contributed by atoms with van der Waals surface area (Å²) in [5, 5.41) is 12.1. The third-order valence-electron chi connectivity index (χ3n) is 2.40. The van der Waals surface area contributed by atoms with Gasteiger partial charge in [0.25, 0.3) is 5.89 Å². The lowest BCUT2D eigenvalue weighted by atomic mass is 10.3. The molecule has 0 saturated heterocycles. The molecule has 2 N–H and O–H groups in total. The molecular formula is C10H15N5O. The standard InChI is InChI=1S/C10H15N5O/c1-4-5-7-12-13-10(16-7)9-8(11)6(2)14-15(9)3/h4-5,11H2,1-3H3. The molecule has 2 rings (SSSR count). The Morgan fingerprint density at radius 2 is 2.12 bits per heavy atom. The normalized spacial score (nSPS) is 10.9. The fourth-order valence-electron chi connectivity index (χ4n) is 1.59. The number of hydrogen-bond donors (Lipinski definition) is 1. The summed E-state index contributed by atoms with van der Waals surface area (Å²) in [7, 11) is 1.81. The van der Waals surface area contributed by atoms with E-state index in [9.17, 15) is 0 Å². The molecule has 2 aromatic heterocycles. The van der Waals surface area contributed by atoms with E-state index in [0.717, 1.165) is 18.5 Å². The van der Waals surface area contributed by atoms with Gasteiger partial charge in [0.05, 0.1) is 11.4 Å². The van der Waals surface area contributed by atoms with Crippen LogP contribution in [-0.4, -0.2) is 20.0 Å². The zero-order chi connectivity index (χ0) is 11.7. The molecule has 0 amide bonds. The molecule has 0 aliphatic rings. The van der Waals surface area contributed by atoms with Crippen molar-refractivity contribution in [2.45, 2.75) is 26.7 Å². The van der Waals surface area contributed by atoms with Crippen LogP contribution in [0, 0.1) is 6.92 Å². The van der Waals surface area contributed by atoms with Crippen molar-refractivity contribution in [2.75, 3.05) is 5.73 Å². The molecule has 0 aromatic carbocycles.